The zero-order valence-electron chi connectivity index (χ0n) is 19.6. The van der Waals surface area contributed by atoms with E-state index < -0.39 is 17.3 Å². The number of benzene rings is 1. The van der Waals surface area contributed by atoms with Crippen molar-refractivity contribution in [3.05, 3.63) is 34.7 Å². The molecule has 4 rings (SSSR count). The van der Waals surface area contributed by atoms with Crippen molar-refractivity contribution in [2.45, 2.75) is 64.0 Å². The van der Waals surface area contributed by atoms with Gasteiger partial charge in [0.05, 0.1) is 11.6 Å². The number of hydrogen-bond acceptors (Lipinski definition) is 6. The molecule has 0 spiro atoms. The number of likely N-dealkylation sites (tertiary alicyclic amines) is 1. The van der Waals surface area contributed by atoms with Crippen LogP contribution >= 0.6 is 0 Å². The molecule has 1 aliphatic heterocycles. The van der Waals surface area contributed by atoms with Crippen LogP contribution in [0.15, 0.2) is 29.1 Å². The Morgan fingerprint density at radius 3 is 2.82 bits per heavy atom. The molecule has 0 bridgehead atoms. The summed E-state index contributed by atoms with van der Waals surface area (Å²) < 4.78 is 0. The maximum absolute atomic E-state index is 13.4. The molecule has 33 heavy (non-hydrogen) atoms. The molecule has 1 saturated carbocycles. The highest BCUT2D eigenvalue weighted by Gasteiger charge is 2.41. The summed E-state index contributed by atoms with van der Waals surface area (Å²) in [4.78, 5) is 34.6. The van der Waals surface area contributed by atoms with E-state index in [-0.39, 0.29) is 11.8 Å². The van der Waals surface area contributed by atoms with Gasteiger partial charge < -0.3 is 15.6 Å². The Morgan fingerprint density at radius 1 is 1.33 bits per heavy atom. The second kappa shape index (κ2) is 9.92. The average molecular weight is 451 g/mol. The largest absolute Gasteiger partial charge is 0.358 e. The third-order valence-corrected chi connectivity index (χ3v) is 6.89. The quantitative estimate of drug-likeness (QED) is 0.570. The number of carbonyl (C=O) groups excluding carboxylic acids is 1. The highest BCUT2D eigenvalue weighted by atomic mass is 16.2. The van der Waals surface area contributed by atoms with Crippen LogP contribution in [-0.4, -0.2) is 52.0 Å². The molecule has 1 amide bonds. The first kappa shape index (κ1) is 23.2. The van der Waals surface area contributed by atoms with Crippen molar-refractivity contribution in [2.24, 2.45) is 11.8 Å². The van der Waals surface area contributed by atoms with Crippen molar-refractivity contribution >= 4 is 22.6 Å². The number of para-hydroxylation sites is 1. The van der Waals surface area contributed by atoms with Gasteiger partial charge in [-0.3, -0.25) is 9.69 Å². The molecule has 3 N–H and O–H groups in total. The van der Waals surface area contributed by atoms with Gasteiger partial charge in [0, 0.05) is 25.0 Å². The smallest absolute Gasteiger partial charge is 0.347 e. The third kappa shape index (κ3) is 5.53. The van der Waals surface area contributed by atoms with E-state index in [2.05, 4.69) is 31.6 Å². The second-order valence-corrected chi connectivity index (χ2v) is 10.1. The summed E-state index contributed by atoms with van der Waals surface area (Å²) in [6.45, 7) is 6.49. The minimum atomic E-state index is -0.879. The van der Waals surface area contributed by atoms with E-state index in [0.29, 0.717) is 36.6 Å². The van der Waals surface area contributed by atoms with E-state index in [1.54, 1.807) is 0 Å². The van der Waals surface area contributed by atoms with Crippen LogP contribution in [0, 0.1) is 23.2 Å². The molecule has 2 aliphatic rings. The van der Waals surface area contributed by atoms with Gasteiger partial charge >= 0.3 is 5.69 Å². The summed E-state index contributed by atoms with van der Waals surface area (Å²) in [7, 11) is 0. The molecule has 2 aromatic rings. The number of H-pyrrole nitrogens is 1. The predicted octanol–water partition coefficient (Wildman–Crippen LogP) is 3.02. The van der Waals surface area contributed by atoms with Gasteiger partial charge in [-0.05, 0) is 49.7 Å². The zero-order chi connectivity index (χ0) is 23.4. The number of rotatable bonds is 8. The standard InChI is InChI=1S/C25H34N6O2/c1-17(2)13-21(27-22-19-9-5-6-10-20(19)28-24(33)29-22)23(32)30-25(15-26)11-12-31(16-25)14-18-7-3-4-8-18/h5-6,9-10,17-18,21H,3-4,7-8,11-14,16H2,1-2H3,(H,30,32)(H2,27,28,29,33). The first-order valence-corrected chi connectivity index (χ1v) is 12.1. The number of aromatic nitrogens is 2. The fraction of sp³-hybridized carbons (Fsp3) is 0.600. The first-order chi connectivity index (χ1) is 15.9. The van der Waals surface area contributed by atoms with Gasteiger partial charge in [-0.15, -0.1) is 0 Å². The number of fused-ring (bicyclic) bond motifs is 1. The van der Waals surface area contributed by atoms with Crippen molar-refractivity contribution in [3.63, 3.8) is 0 Å². The molecule has 2 unspecified atom stereocenters. The van der Waals surface area contributed by atoms with Crippen molar-refractivity contribution < 1.29 is 4.79 Å². The van der Waals surface area contributed by atoms with Crippen LogP contribution in [0.5, 0.6) is 0 Å². The molecule has 1 saturated heterocycles. The number of nitrogens with one attached hydrogen (secondary N) is 3. The van der Waals surface area contributed by atoms with Gasteiger partial charge in [0.1, 0.15) is 17.4 Å². The van der Waals surface area contributed by atoms with Crippen LogP contribution in [0.2, 0.25) is 0 Å². The summed E-state index contributed by atoms with van der Waals surface area (Å²) >= 11 is 0. The molecule has 2 atom stereocenters. The molecular formula is C25H34N6O2. The minimum absolute atomic E-state index is 0.223. The van der Waals surface area contributed by atoms with Crippen LogP contribution in [0.4, 0.5) is 5.82 Å². The molecule has 1 aromatic carbocycles. The second-order valence-electron chi connectivity index (χ2n) is 10.1. The van der Waals surface area contributed by atoms with Crippen LogP contribution < -0.4 is 16.3 Å². The number of nitriles is 1. The number of hydrogen-bond donors (Lipinski definition) is 3. The molecule has 2 fully saturated rings. The molecule has 8 nitrogen and oxygen atoms in total. The van der Waals surface area contributed by atoms with Crippen molar-refractivity contribution in [1.82, 2.24) is 20.2 Å². The number of aromatic amines is 1. The third-order valence-electron chi connectivity index (χ3n) is 6.89. The summed E-state index contributed by atoms with van der Waals surface area (Å²) in [6, 6.07) is 9.18. The summed E-state index contributed by atoms with van der Waals surface area (Å²) in [5.41, 5.74) is -0.682. The lowest BCUT2D eigenvalue weighted by molar-refractivity contribution is -0.123. The molecule has 8 heteroatoms. The van der Waals surface area contributed by atoms with E-state index >= 15 is 0 Å². The average Bonchev–Trinajstić information content (AvgIpc) is 3.43. The van der Waals surface area contributed by atoms with E-state index in [0.717, 1.165) is 18.5 Å². The first-order valence-electron chi connectivity index (χ1n) is 12.1. The van der Waals surface area contributed by atoms with Gasteiger partial charge in [0.15, 0.2) is 0 Å². The van der Waals surface area contributed by atoms with Crippen molar-refractivity contribution in [2.75, 3.05) is 25.0 Å². The predicted molar refractivity (Wildman–Crippen MR) is 129 cm³/mol. The molecule has 176 valence electrons. The summed E-state index contributed by atoms with van der Waals surface area (Å²) in [6.07, 6.45) is 6.31. The molecule has 0 radical (unpaired) electrons. The highest BCUT2D eigenvalue weighted by Crippen LogP contribution is 2.29. The Bertz CT molecular complexity index is 1080. The van der Waals surface area contributed by atoms with Gasteiger partial charge in [-0.25, -0.2) is 4.79 Å². The Kier molecular flexibility index (Phi) is 6.99. The normalized spacial score (nSPS) is 22.5. The summed E-state index contributed by atoms with van der Waals surface area (Å²) in [5.74, 6) is 1.11. The Labute approximate surface area is 194 Å². The summed E-state index contributed by atoms with van der Waals surface area (Å²) in [5, 5.41) is 17.0. The van der Waals surface area contributed by atoms with Crippen LogP contribution in [0.1, 0.15) is 52.4 Å². The lowest BCUT2D eigenvalue weighted by atomic mass is 9.97. The molecular weight excluding hydrogens is 416 g/mol. The van der Waals surface area contributed by atoms with Crippen LogP contribution in [0.3, 0.4) is 0 Å². The number of carbonyl (C=O) groups is 1. The Morgan fingerprint density at radius 2 is 2.09 bits per heavy atom. The maximum Gasteiger partial charge on any atom is 0.347 e. The van der Waals surface area contributed by atoms with Crippen LogP contribution in [-0.2, 0) is 4.79 Å². The van der Waals surface area contributed by atoms with Crippen LogP contribution in [0.25, 0.3) is 10.9 Å². The fourth-order valence-electron chi connectivity index (χ4n) is 5.23. The van der Waals surface area contributed by atoms with Crippen molar-refractivity contribution in [3.8, 4) is 6.07 Å². The van der Waals surface area contributed by atoms with Gasteiger partial charge in [-0.2, -0.15) is 10.2 Å². The number of anilines is 1. The zero-order valence-corrected chi connectivity index (χ0v) is 19.6. The number of nitrogens with zero attached hydrogens (tertiary/aromatic N) is 3. The lowest BCUT2D eigenvalue weighted by Gasteiger charge is -2.28. The lowest BCUT2D eigenvalue weighted by Crippen LogP contribution is -2.54. The van der Waals surface area contributed by atoms with Gasteiger partial charge in [0.2, 0.25) is 5.91 Å². The van der Waals surface area contributed by atoms with E-state index in [1.165, 1.54) is 25.7 Å². The maximum atomic E-state index is 13.4. The monoisotopic (exact) mass is 450 g/mol. The van der Waals surface area contributed by atoms with E-state index in [9.17, 15) is 14.9 Å². The van der Waals surface area contributed by atoms with E-state index in [1.807, 2.05) is 38.1 Å². The molecule has 2 heterocycles. The van der Waals surface area contributed by atoms with Gasteiger partial charge in [0.25, 0.3) is 0 Å². The SMILES string of the molecule is CC(C)CC(Nc1nc(=O)[nH]c2ccccc12)C(=O)NC1(C#N)CCN(CC2CCCC2)C1. The number of amides is 1. The topological polar surface area (TPSA) is 114 Å². The fourth-order valence-corrected chi connectivity index (χ4v) is 5.23. The van der Waals surface area contributed by atoms with Gasteiger partial charge in [-0.1, -0.05) is 38.8 Å². The Balaban J connectivity index is 1.50. The minimum Gasteiger partial charge on any atom is -0.358 e. The van der Waals surface area contributed by atoms with E-state index in [4.69, 9.17) is 0 Å². The highest BCUT2D eigenvalue weighted by molar-refractivity contribution is 5.92. The van der Waals surface area contributed by atoms with Crippen molar-refractivity contribution in [1.29, 1.82) is 5.26 Å². The molecule has 1 aliphatic carbocycles. The Hall–Kier alpha value is -2.92. The molecule has 1 aromatic heterocycles.